The summed E-state index contributed by atoms with van der Waals surface area (Å²) in [5, 5.41) is 14.7. The number of aromatic nitrogens is 2. The lowest BCUT2D eigenvalue weighted by molar-refractivity contribution is -0.383. The first-order valence-corrected chi connectivity index (χ1v) is 5.98. The molecule has 2 heterocycles. The number of anilines is 1. The van der Waals surface area contributed by atoms with Crippen molar-refractivity contribution in [3.63, 3.8) is 0 Å². The highest BCUT2D eigenvalue weighted by atomic mass is 16.6. The van der Waals surface area contributed by atoms with E-state index >= 15 is 0 Å². The number of nitro groups is 1. The summed E-state index contributed by atoms with van der Waals surface area (Å²) in [6, 6.07) is 6.03. The smallest absolute Gasteiger partial charge is 0.292 e. The number of nitrogens with zero attached hydrogens (tertiary/aromatic N) is 3. The zero-order valence-electron chi connectivity index (χ0n) is 10.9. The molecule has 1 aromatic carbocycles. The van der Waals surface area contributed by atoms with Crippen molar-refractivity contribution in [3.8, 4) is 22.8 Å². The van der Waals surface area contributed by atoms with E-state index in [1.807, 2.05) is 0 Å². The standard InChI is InChI=1S/C13H10N4O4/c1-7-9(4-5-20-7)12-15-13(21-16-12)8-2-3-10(14)11(6-8)17(18)19/h2-6H,14H2,1H3. The highest BCUT2D eigenvalue weighted by Gasteiger charge is 2.18. The highest BCUT2D eigenvalue weighted by Crippen LogP contribution is 2.29. The van der Waals surface area contributed by atoms with Crippen molar-refractivity contribution in [2.24, 2.45) is 0 Å². The van der Waals surface area contributed by atoms with Gasteiger partial charge in [0.25, 0.3) is 11.6 Å². The molecule has 3 rings (SSSR count). The molecule has 0 saturated heterocycles. The number of nitro benzene ring substituents is 1. The number of nitrogen functional groups attached to an aromatic ring is 1. The summed E-state index contributed by atoms with van der Waals surface area (Å²) in [7, 11) is 0. The normalized spacial score (nSPS) is 10.7. The maximum atomic E-state index is 10.9. The van der Waals surface area contributed by atoms with Gasteiger partial charge in [-0.25, -0.2) is 0 Å². The number of hydrogen-bond acceptors (Lipinski definition) is 7. The molecule has 0 aliphatic heterocycles. The lowest BCUT2D eigenvalue weighted by Gasteiger charge is -1.98. The lowest BCUT2D eigenvalue weighted by Crippen LogP contribution is -1.95. The van der Waals surface area contributed by atoms with Gasteiger partial charge in [0.15, 0.2) is 0 Å². The molecule has 0 bridgehead atoms. The van der Waals surface area contributed by atoms with E-state index in [1.54, 1.807) is 19.1 Å². The number of hydrogen-bond donors (Lipinski definition) is 1. The molecule has 8 heteroatoms. The first-order valence-electron chi connectivity index (χ1n) is 5.98. The highest BCUT2D eigenvalue weighted by molar-refractivity contribution is 5.69. The van der Waals surface area contributed by atoms with E-state index in [4.69, 9.17) is 14.7 Å². The fourth-order valence-electron chi connectivity index (χ4n) is 1.90. The molecule has 0 amide bonds. The van der Waals surface area contributed by atoms with E-state index in [9.17, 15) is 10.1 Å². The summed E-state index contributed by atoms with van der Waals surface area (Å²) in [4.78, 5) is 14.5. The molecule has 3 aromatic rings. The Kier molecular flexibility index (Phi) is 2.90. The van der Waals surface area contributed by atoms with Crippen LogP contribution in [0.25, 0.3) is 22.8 Å². The van der Waals surface area contributed by atoms with Gasteiger partial charge in [0.2, 0.25) is 5.82 Å². The van der Waals surface area contributed by atoms with E-state index in [-0.39, 0.29) is 17.3 Å². The van der Waals surface area contributed by atoms with Gasteiger partial charge in [-0.15, -0.1) is 0 Å². The molecule has 106 valence electrons. The summed E-state index contributed by atoms with van der Waals surface area (Å²) in [6.45, 7) is 1.78. The van der Waals surface area contributed by atoms with Crippen LogP contribution in [0.1, 0.15) is 5.76 Å². The van der Waals surface area contributed by atoms with Crippen molar-refractivity contribution in [2.75, 3.05) is 5.73 Å². The minimum atomic E-state index is -0.559. The Morgan fingerprint density at radius 2 is 2.14 bits per heavy atom. The SMILES string of the molecule is Cc1occc1-c1noc(-c2ccc(N)c([N+](=O)[O-])c2)n1. The van der Waals surface area contributed by atoms with Crippen molar-refractivity contribution in [1.82, 2.24) is 10.1 Å². The average Bonchev–Trinajstić information content (AvgIpc) is 3.07. The monoisotopic (exact) mass is 286 g/mol. The van der Waals surface area contributed by atoms with Gasteiger partial charge in [0, 0.05) is 11.6 Å². The molecule has 21 heavy (non-hydrogen) atoms. The lowest BCUT2D eigenvalue weighted by atomic mass is 10.1. The molecule has 0 atom stereocenters. The third-order valence-corrected chi connectivity index (χ3v) is 3.00. The summed E-state index contributed by atoms with van der Waals surface area (Å²) >= 11 is 0. The first kappa shape index (κ1) is 12.9. The van der Waals surface area contributed by atoms with E-state index in [1.165, 1.54) is 18.4 Å². The van der Waals surface area contributed by atoms with Crippen LogP contribution in [0.3, 0.4) is 0 Å². The van der Waals surface area contributed by atoms with Crippen LogP contribution in [-0.2, 0) is 0 Å². The zero-order chi connectivity index (χ0) is 15.0. The molecule has 8 nitrogen and oxygen atoms in total. The fraction of sp³-hybridized carbons (Fsp3) is 0.0769. The zero-order valence-corrected chi connectivity index (χ0v) is 10.9. The van der Waals surface area contributed by atoms with E-state index in [2.05, 4.69) is 10.1 Å². The molecule has 0 aliphatic rings. The van der Waals surface area contributed by atoms with Crippen LogP contribution in [0.15, 0.2) is 39.5 Å². The largest absolute Gasteiger partial charge is 0.469 e. The van der Waals surface area contributed by atoms with Crippen LogP contribution in [0, 0.1) is 17.0 Å². The number of aryl methyl sites for hydroxylation is 1. The van der Waals surface area contributed by atoms with Crippen molar-refractivity contribution >= 4 is 11.4 Å². The minimum absolute atomic E-state index is 0.0779. The van der Waals surface area contributed by atoms with Crippen molar-refractivity contribution in [3.05, 3.63) is 46.4 Å². The van der Waals surface area contributed by atoms with E-state index < -0.39 is 4.92 Å². The maximum Gasteiger partial charge on any atom is 0.292 e. The predicted molar refractivity (Wildman–Crippen MR) is 73.2 cm³/mol. The Balaban J connectivity index is 2.03. The molecule has 0 spiro atoms. The van der Waals surface area contributed by atoms with Crippen LogP contribution in [0.4, 0.5) is 11.4 Å². The van der Waals surface area contributed by atoms with Crippen molar-refractivity contribution < 1.29 is 13.9 Å². The molecular weight excluding hydrogens is 276 g/mol. The first-order chi connectivity index (χ1) is 10.1. The van der Waals surface area contributed by atoms with Crippen LogP contribution in [-0.4, -0.2) is 15.1 Å². The van der Waals surface area contributed by atoms with Gasteiger partial charge in [-0.1, -0.05) is 5.16 Å². The minimum Gasteiger partial charge on any atom is -0.469 e. The molecule has 2 N–H and O–H groups in total. The van der Waals surface area contributed by atoms with Crippen LogP contribution < -0.4 is 5.73 Å². The Bertz CT molecular complexity index is 821. The number of rotatable bonds is 3. The Morgan fingerprint density at radius 3 is 2.81 bits per heavy atom. The van der Waals surface area contributed by atoms with E-state index in [0.29, 0.717) is 22.7 Å². The molecular formula is C13H10N4O4. The van der Waals surface area contributed by atoms with Gasteiger partial charge in [0.05, 0.1) is 16.7 Å². The second-order valence-electron chi connectivity index (χ2n) is 4.34. The quantitative estimate of drug-likeness (QED) is 0.446. The van der Waals surface area contributed by atoms with Gasteiger partial charge >= 0.3 is 0 Å². The predicted octanol–water partition coefficient (Wildman–Crippen LogP) is 2.80. The van der Waals surface area contributed by atoms with Gasteiger partial charge in [-0.2, -0.15) is 4.98 Å². The second kappa shape index (κ2) is 4.75. The van der Waals surface area contributed by atoms with Gasteiger partial charge in [-0.3, -0.25) is 10.1 Å². The third-order valence-electron chi connectivity index (χ3n) is 3.00. The van der Waals surface area contributed by atoms with Gasteiger partial charge < -0.3 is 14.7 Å². The van der Waals surface area contributed by atoms with Gasteiger partial charge in [-0.05, 0) is 25.1 Å². The average molecular weight is 286 g/mol. The van der Waals surface area contributed by atoms with Crippen LogP contribution in [0.2, 0.25) is 0 Å². The maximum absolute atomic E-state index is 10.9. The summed E-state index contributed by atoms with van der Waals surface area (Å²) < 4.78 is 10.3. The van der Waals surface area contributed by atoms with Gasteiger partial charge in [0.1, 0.15) is 11.4 Å². The number of nitrogens with two attached hydrogens (primary N) is 1. The van der Waals surface area contributed by atoms with E-state index in [0.717, 1.165) is 0 Å². The Hall–Kier alpha value is -3.16. The fourth-order valence-corrected chi connectivity index (χ4v) is 1.90. The van der Waals surface area contributed by atoms with Crippen molar-refractivity contribution in [1.29, 1.82) is 0 Å². The molecule has 2 aromatic heterocycles. The van der Waals surface area contributed by atoms with Crippen LogP contribution in [0.5, 0.6) is 0 Å². The summed E-state index contributed by atoms with van der Waals surface area (Å²) in [5.41, 5.74) is 6.56. The topological polar surface area (TPSA) is 121 Å². The molecule has 0 saturated carbocycles. The molecule has 0 radical (unpaired) electrons. The summed E-state index contributed by atoms with van der Waals surface area (Å²) in [6.07, 6.45) is 1.52. The molecule has 0 unspecified atom stereocenters. The number of benzene rings is 1. The number of furan rings is 1. The van der Waals surface area contributed by atoms with Crippen LogP contribution >= 0.6 is 0 Å². The van der Waals surface area contributed by atoms with Crippen molar-refractivity contribution in [2.45, 2.75) is 6.92 Å². The molecule has 0 fully saturated rings. The third kappa shape index (κ3) is 2.22. The summed E-state index contributed by atoms with van der Waals surface area (Å²) in [5.74, 6) is 1.19. The Labute approximate surface area is 118 Å². The Morgan fingerprint density at radius 1 is 1.33 bits per heavy atom. The molecule has 0 aliphatic carbocycles. The second-order valence-corrected chi connectivity index (χ2v) is 4.34.